The second kappa shape index (κ2) is 5.39. The molecule has 18 heavy (non-hydrogen) atoms. The van der Waals surface area contributed by atoms with E-state index in [9.17, 15) is 4.79 Å². The fourth-order valence-corrected chi connectivity index (χ4v) is 1.77. The highest BCUT2D eigenvalue weighted by Crippen LogP contribution is 2.15. The molecule has 0 aliphatic carbocycles. The SMILES string of the molecule is COC(=O)[C@H](Cc1ccccc1)n1nnnc1C. The molecule has 6 heteroatoms. The van der Waals surface area contributed by atoms with Gasteiger partial charge in [-0.05, 0) is 22.9 Å². The number of rotatable bonds is 4. The predicted molar refractivity (Wildman–Crippen MR) is 63.8 cm³/mol. The lowest BCUT2D eigenvalue weighted by Gasteiger charge is -2.15. The van der Waals surface area contributed by atoms with Crippen LogP contribution >= 0.6 is 0 Å². The van der Waals surface area contributed by atoms with E-state index in [0.717, 1.165) is 5.56 Å². The van der Waals surface area contributed by atoms with Crippen molar-refractivity contribution in [2.45, 2.75) is 19.4 Å². The number of hydrogen-bond acceptors (Lipinski definition) is 5. The Bertz CT molecular complexity index is 524. The van der Waals surface area contributed by atoms with Gasteiger partial charge in [0.05, 0.1) is 7.11 Å². The molecule has 0 saturated heterocycles. The fourth-order valence-electron chi connectivity index (χ4n) is 1.77. The van der Waals surface area contributed by atoms with Gasteiger partial charge in [0.15, 0.2) is 6.04 Å². The zero-order valence-electron chi connectivity index (χ0n) is 10.3. The summed E-state index contributed by atoms with van der Waals surface area (Å²) in [5, 5.41) is 11.2. The van der Waals surface area contributed by atoms with Crippen LogP contribution in [0.2, 0.25) is 0 Å². The zero-order valence-corrected chi connectivity index (χ0v) is 10.3. The van der Waals surface area contributed by atoms with Crippen molar-refractivity contribution in [3.05, 3.63) is 41.7 Å². The summed E-state index contributed by atoms with van der Waals surface area (Å²) in [5.41, 5.74) is 1.03. The van der Waals surface area contributed by atoms with Crippen LogP contribution in [0.5, 0.6) is 0 Å². The Morgan fingerprint density at radius 3 is 2.67 bits per heavy atom. The number of methoxy groups -OCH3 is 1. The smallest absolute Gasteiger partial charge is 0.331 e. The molecule has 2 aromatic rings. The van der Waals surface area contributed by atoms with E-state index in [-0.39, 0.29) is 5.97 Å². The van der Waals surface area contributed by atoms with Gasteiger partial charge in [0.1, 0.15) is 5.82 Å². The molecule has 6 nitrogen and oxygen atoms in total. The summed E-state index contributed by atoms with van der Waals surface area (Å²) >= 11 is 0. The van der Waals surface area contributed by atoms with Gasteiger partial charge in [0.25, 0.3) is 0 Å². The number of benzene rings is 1. The maximum Gasteiger partial charge on any atom is 0.331 e. The van der Waals surface area contributed by atoms with Gasteiger partial charge in [-0.15, -0.1) is 5.10 Å². The number of esters is 1. The Kier molecular flexibility index (Phi) is 3.66. The minimum Gasteiger partial charge on any atom is -0.467 e. The molecule has 0 unspecified atom stereocenters. The van der Waals surface area contributed by atoms with E-state index in [1.54, 1.807) is 6.92 Å². The minimum absolute atomic E-state index is 0.353. The standard InChI is InChI=1S/C12H14N4O2/c1-9-13-14-15-16(9)11(12(17)18-2)8-10-6-4-3-5-7-10/h3-7,11H,8H2,1-2H3/t11-/m0/s1. The second-order valence-corrected chi connectivity index (χ2v) is 3.90. The van der Waals surface area contributed by atoms with Gasteiger partial charge in [0.2, 0.25) is 0 Å². The maximum atomic E-state index is 11.8. The highest BCUT2D eigenvalue weighted by Gasteiger charge is 2.24. The molecule has 0 aliphatic rings. The van der Waals surface area contributed by atoms with E-state index in [0.29, 0.717) is 12.2 Å². The van der Waals surface area contributed by atoms with Crippen molar-refractivity contribution in [1.82, 2.24) is 20.2 Å². The van der Waals surface area contributed by atoms with E-state index in [1.807, 2.05) is 30.3 Å². The third-order valence-corrected chi connectivity index (χ3v) is 2.70. The summed E-state index contributed by atoms with van der Waals surface area (Å²) < 4.78 is 6.29. The van der Waals surface area contributed by atoms with Crippen molar-refractivity contribution in [3.8, 4) is 0 Å². The molecule has 0 amide bonds. The monoisotopic (exact) mass is 246 g/mol. The van der Waals surface area contributed by atoms with Crippen molar-refractivity contribution in [2.24, 2.45) is 0 Å². The molecule has 1 heterocycles. The number of aromatic nitrogens is 4. The van der Waals surface area contributed by atoms with Crippen LogP contribution in [-0.4, -0.2) is 33.3 Å². The van der Waals surface area contributed by atoms with E-state index in [1.165, 1.54) is 11.8 Å². The third-order valence-electron chi connectivity index (χ3n) is 2.70. The topological polar surface area (TPSA) is 69.9 Å². The fraction of sp³-hybridized carbons (Fsp3) is 0.333. The van der Waals surface area contributed by atoms with Gasteiger partial charge in [0, 0.05) is 6.42 Å². The van der Waals surface area contributed by atoms with Crippen LogP contribution in [0.1, 0.15) is 17.4 Å². The minimum atomic E-state index is -0.535. The van der Waals surface area contributed by atoms with Crippen LogP contribution < -0.4 is 0 Å². The van der Waals surface area contributed by atoms with Crippen LogP contribution in [0.3, 0.4) is 0 Å². The lowest BCUT2D eigenvalue weighted by Crippen LogP contribution is -2.25. The lowest BCUT2D eigenvalue weighted by atomic mass is 10.1. The molecule has 1 aromatic heterocycles. The van der Waals surface area contributed by atoms with Crippen molar-refractivity contribution >= 4 is 5.97 Å². The summed E-state index contributed by atoms with van der Waals surface area (Å²) in [4.78, 5) is 11.8. The Balaban J connectivity index is 2.27. The molecule has 0 aliphatic heterocycles. The normalized spacial score (nSPS) is 12.1. The molecule has 1 aromatic carbocycles. The highest BCUT2D eigenvalue weighted by molar-refractivity contribution is 5.74. The van der Waals surface area contributed by atoms with Crippen LogP contribution in [0.4, 0.5) is 0 Å². The molecular weight excluding hydrogens is 232 g/mol. The number of ether oxygens (including phenoxy) is 1. The van der Waals surface area contributed by atoms with Crippen LogP contribution in [-0.2, 0) is 16.0 Å². The Labute approximate surface area is 105 Å². The Morgan fingerprint density at radius 1 is 1.39 bits per heavy atom. The number of carbonyl (C=O) groups is 1. The first-order chi connectivity index (χ1) is 8.72. The zero-order chi connectivity index (χ0) is 13.0. The molecule has 0 radical (unpaired) electrons. The van der Waals surface area contributed by atoms with Crippen LogP contribution in [0.25, 0.3) is 0 Å². The predicted octanol–water partition coefficient (Wildman–Crippen LogP) is 0.938. The van der Waals surface area contributed by atoms with Crippen molar-refractivity contribution in [1.29, 1.82) is 0 Å². The molecular formula is C12H14N4O2. The molecule has 0 saturated carbocycles. The number of carbonyl (C=O) groups excluding carboxylic acids is 1. The van der Waals surface area contributed by atoms with E-state index in [2.05, 4.69) is 15.5 Å². The van der Waals surface area contributed by atoms with Crippen LogP contribution in [0, 0.1) is 6.92 Å². The van der Waals surface area contributed by atoms with Gasteiger partial charge < -0.3 is 4.74 Å². The first-order valence-electron chi connectivity index (χ1n) is 5.58. The molecule has 1 atom stereocenters. The van der Waals surface area contributed by atoms with Crippen molar-refractivity contribution < 1.29 is 9.53 Å². The van der Waals surface area contributed by atoms with Gasteiger partial charge in [-0.1, -0.05) is 30.3 Å². The molecule has 2 rings (SSSR count). The maximum absolute atomic E-state index is 11.8. The summed E-state index contributed by atoms with van der Waals surface area (Å²) in [7, 11) is 1.36. The van der Waals surface area contributed by atoms with Gasteiger partial charge in [-0.25, -0.2) is 9.48 Å². The number of nitrogens with zero attached hydrogens (tertiary/aromatic N) is 4. The summed E-state index contributed by atoms with van der Waals surface area (Å²) in [6, 6.07) is 9.16. The number of tetrazole rings is 1. The van der Waals surface area contributed by atoms with Gasteiger partial charge >= 0.3 is 5.97 Å². The summed E-state index contributed by atoms with van der Waals surface area (Å²) in [6.07, 6.45) is 0.499. The lowest BCUT2D eigenvalue weighted by molar-refractivity contribution is -0.145. The van der Waals surface area contributed by atoms with E-state index in [4.69, 9.17) is 4.74 Å². The summed E-state index contributed by atoms with van der Waals surface area (Å²) in [5.74, 6) is 0.232. The second-order valence-electron chi connectivity index (χ2n) is 3.90. The molecule has 0 N–H and O–H groups in total. The Morgan fingerprint density at radius 2 is 2.11 bits per heavy atom. The number of aryl methyl sites for hydroxylation is 1. The molecule has 0 bridgehead atoms. The average molecular weight is 246 g/mol. The van der Waals surface area contributed by atoms with Gasteiger partial charge in [-0.2, -0.15) is 0 Å². The average Bonchev–Trinajstić information content (AvgIpc) is 2.82. The Hall–Kier alpha value is -2.24. The molecule has 94 valence electrons. The highest BCUT2D eigenvalue weighted by atomic mass is 16.5. The number of hydrogen-bond donors (Lipinski definition) is 0. The van der Waals surface area contributed by atoms with Crippen molar-refractivity contribution in [2.75, 3.05) is 7.11 Å². The van der Waals surface area contributed by atoms with Crippen LogP contribution in [0.15, 0.2) is 30.3 Å². The first kappa shape index (κ1) is 12.2. The first-order valence-corrected chi connectivity index (χ1v) is 5.58. The largest absolute Gasteiger partial charge is 0.467 e. The quantitative estimate of drug-likeness (QED) is 0.751. The van der Waals surface area contributed by atoms with E-state index < -0.39 is 6.04 Å². The van der Waals surface area contributed by atoms with Gasteiger partial charge in [-0.3, -0.25) is 0 Å². The third kappa shape index (κ3) is 2.53. The molecule has 0 fully saturated rings. The van der Waals surface area contributed by atoms with E-state index >= 15 is 0 Å². The molecule has 0 spiro atoms. The summed E-state index contributed by atoms with van der Waals surface area (Å²) in [6.45, 7) is 1.75. The van der Waals surface area contributed by atoms with Crippen molar-refractivity contribution in [3.63, 3.8) is 0 Å².